The van der Waals surface area contributed by atoms with Gasteiger partial charge in [-0.25, -0.2) is 14.5 Å². The zero-order valence-electron chi connectivity index (χ0n) is 17.0. The van der Waals surface area contributed by atoms with Gasteiger partial charge in [0.1, 0.15) is 17.4 Å². The molecule has 4 aromatic rings. The van der Waals surface area contributed by atoms with Gasteiger partial charge in [0.2, 0.25) is 5.91 Å². The molecular formula is C22H22N6O2. The quantitative estimate of drug-likeness (QED) is 0.530. The fourth-order valence-corrected chi connectivity index (χ4v) is 3.73. The maximum atomic E-state index is 12.4. The second-order valence-corrected chi connectivity index (χ2v) is 7.66. The number of carbonyl (C=O) groups is 1. The normalized spacial score (nSPS) is 17.8. The van der Waals surface area contributed by atoms with Crippen molar-refractivity contribution in [2.24, 2.45) is 11.8 Å². The fraction of sp³-hybridized carbons (Fsp3) is 0.273. The van der Waals surface area contributed by atoms with E-state index in [0.717, 1.165) is 45.5 Å². The number of nitrogens with zero attached hydrogens (tertiary/aromatic N) is 4. The Morgan fingerprint density at radius 2 is 2.03 bits per heavy atom. The smallest absolute Gasteiger partial charge is 0.228 e. The number of aromatic nitrogens is 4. The van der Waals surface area contributed by atoms with Crippen LogP contribution in [0.15, 0.2) is 42.9 Å². The van der Waals surface area contributed by atoms with Crippen molar-refractivity contribution in [1.82, 2.24) is 19.6 Å². The van der Waals surface area contributed by atoms with Crippen LogP contribution in [0.2, 0.25) is 0 Å². The molecule has 4 heterocycles. The minimum absolute atomic E-state index is 0.0265. The van der Waals surface area contributed by atoms with E-state index in [0.29, 0.717) is 11.7 Å². The third-order valence-electron chi connectivity index (χ3n) is 5.65. The molecule has 5 rings (SSSR count). The largest absolute Gasteiger partial charge is 0.495 e. The van der Waals surface area contributed by atoms with Crippen molar-refractivity contribution in [3.63, 3.8) is 0 Å². The minimum atomic E-state index is 0.0265. The first-order valence-corrected chi connectivity index (χ1v) is 9.88. The van der Waals surface area contributed by atoms with Crippen LogP contribution in [0.1, 0.15) is 13.3 Å². The Balaban J connectivity index is 1.61. The van der Waals surface area contributed by atoms with Crippen LogP contribution in [0, 0.1) is 11.8 Å². The lowest BCUT2D eigenvalue weighted by Gasteiger charge is -2.11. The summed E-state index contributed by atoms with van der Waals surface area (Å²) in [4.78, 5) is 21.3. The fourth-order valence-electron chi connectivity index (χ4n) is 3.73. The number of pyridine rings is 3. The van der Waals surface area contributed by atoms with E-state index in [4.69, 9.17) is 9.84 Å². The highest BCUT2D eigenvalue weighted by atomic mass is 16.5. The number of hydrogen-bond acceptors (Lipinski definition) is 6. The number of nitrogens with one attached hydrogen (secondary N) is 2. The molecule has 2 atom stereocenters. The summed E-state index contributed by atoms with van der Waals surface area (Å²) < 4.78 is 7.07. The summed E-state index contributed by atoms with van der Waals surface area (Å²) in [6.07, 6.45) is 6.30. The van der Waals surface area contributed by atoms with Gasteiger partial charge < -0.3 is 15.4 Å². The van der Waals surface area contributed by atoms with Gasteiger partial charge in [0.15, 0.2) is 0 Å². The van der Waals surface area contributed by atoms with E-state index in [1.165, 1.54) is 0 Å². The summed E-state index contributed by atoms with van der Waals surface area (Å²) >= 11 is 0. The molecule has 1 aliphatic rings. The van der Waals surface area contributed by atoms with Gasteiger partial charge in [0.05, 0.1) is 24.5 Å². The van der Waals surface area contributed by atoms with E-state index in [1.807, 2.05) is 37.5 Å². The topological polar surface area (TPSA) is 93.4 Å². The first kappa shape index (κ1) is 18.4. The number of rotatable bonds is 5. The molecule has 1 amide bonds. The molecule has 8 nitrogen and oxygen atoms in total. The molecule has 1 aliphatic carbocycles. The molecule has 152 valence electrons. The summed E-state index contributed by atoms with van der Waals surface area (Å²) in [6.45, 7) is 2.08. The van der Waals surface area contributed by atoms with Gasteiger partial charge in [0, 0.05) is 41.7 Å². The zero-order valence-corrected chi connectivity index (χ0v) is 17.0. The van der Waals surface area contributed by atoms with Gasteiger partial charge in [0.25, 0.3) is 0 Å². The Morgan fingerprint density at radius 3 is 2.77 bits per heavy atom. The molecule has 4 aromatic heterocycles. The van der Waals surface area contributed by atoms with Crippen molar-refractivity contribution in [2.75, 3.05) is 24.8 Å². The predicted molar refractivity (Wildman–Crippen MR) is 116 cm³/mol. The van der Waals surface area contributed by atoms with Crippen LogP contribution in [0.25, 0.3) is 27.5 Å². The molecule has 30 heavy (non-hydrogen) atoms. The number of hydrogen-bond donors (Lipinski definition) is 2. The van der Waals surface area contributed by atoms with Gasteiger partial charge in [-0.3, -0.25) is 4.79 Å². The molecule has 2 N–H and O–H groups in total. The first-order chi connectivity index (χ1) is 14.6. The van der Waals surface area contributed by atoms with E-state index in [9.17, 15) is 4.79 Å². The summed E-state index contributed by atoms with van der Waals surface area (Å²) in [5.74, 6) is 2.54. The average molecular weight is 402 g/mol. The monoisotopic (exact) mass is 402 g/mol. The van der Waals surface area contributed by atoms with E-state index in [1.54, 1.807) is 24.0 Å². The SMILES string of the molecule is CNc1ncc(-c2cc3ccc(OC)cn3n2)c2cc(NC(=O)C3CC3C)ncc12. The number of carbonyl (C=O) groups excluding carboxylic acids is 1. The molecule has 1 saturated carbocycles. The van der Waals surface area contributed by atoms with Crippen LogP contribution in [0.3, 0.4) is 0 Å². The highest BCUT2D eigenvalue weighted by molar-refractivity contribution is 6.03. The van der Waals surface area contributed by atoms with Crippen LogP contribution < -0.4 is 15.4 Å². The lowest BCUT2D eigenvalue weighted by Crippen LogP contribution is -2.15. The highest BCUT2D eigenvalue weighted by Gasteiger charge is 2.39. The molecule has 0 bridgehead atoms. The lowest BCUT2D eigenvalue weighted by molar-refractivity contribution is -0.117. The Kier molecular flexibility index (Phi) is 4.27. The molecule has 8 heteroatoms. The number of fused-ring (bicyclic) bond motifs is 2. The first-order valence-electron chi connectivity index (χ1n) is 9.88. The van der Waals surface area contributed by atoms with Crippen molar-refractivity contribution in [3.8, 4) is 17.0 Å². The Hall–Kier alpha value is -3.68. The number of ether oxygens (including phenoxy) is 1. The van der Waals surface area contributed by atoms with Crippen molar-refractivity contribution in [3.05, 3.63) is 42.9 Å². The second-order valence-electron chi connectivity index (χ2n) is 7.66. The van der Waals surface area contributed by atoms with Crippen molar-refractivity contribution in [1.29, 1.82) is 0 Å². The van der Waals surface area contributed by atoms with Crippen molar-refractivity contribution >= 4 is 33.8 Å². The molecule has 0 aliphatic heterocycles. The van der Waals surface area contributed by atoms with Gasteiger partial charge in [-0.1, -0.05) is 6.92 Å². The number of anilines is 2. The van der Waals surface area contributed by atoms with E-state index >= 15 is 0 Å². The van der Waals surface area contributed by atoms with E-state index in [2.05, 4.69) is 27.5 Å². The summed E-state index contributed by atoms with van der Waals surface area (Å²) in [5, 5.41) is 12.5. The Bertz CT molecular complexity index is 1280. The molecule has 0 saturated heterocycles. The minimum Gasteiger partial charge on any atom is -0.495 e. The van der Waals surface area contributed by atoms with E-state index in [-0.39, 0.29) is 11.8 Å². The van der Waals surface area contributed by atoms with Gasteiger partial charge in [-0.2, -0.15) is 5.10 Å². The predicted octanol–water partition coefficient (Wildman–Crippen LogP) is 3.59. The van der Waals surface area contributed by atoms with Gasteiger partial charge in [-0.15, -0.1) is 0 Å². The third-order valence-corrected chi connectivity index (χ3v) is 5.65. The van der Waals surface area contributed by atoms with Crippen LogP contribution in [-0.2, 0) is 4.79 Å². The number of methoxy groups -OCH3 is 1. The summed E-state index contributed by atoms with van der Waals surface area (Å²) in [6, 6.07) is 7.75. The summed E-state index contributed by atoms with van der Waals surface area (Å²) in [7, 11) is 3.45. The maximum Gasteiger partial charge on any atom is 0.228 e. The molecule has 0 radical (unpaired) electrons. The highest BCUT2D eigenvalue weighted by Crippen LogP contribution is 2.39. The van der Waals surface area contributed by atoms with Crippen LogP contribution in [0.4, 0.5) is 11.6 Å². The maximum absolute atomic E-state index is 12.4. The molecule has 1 fully saturated rings. The molecule has 0 spiro atoms. The molecular weight excluding hydrogens is 380 g/mol. The Labute approximate surface area is 173 Å². The average Bonchev–Trinajstić information content (AvgIpc) is 3.35. The van der Waals surface area contributed by atoms with Crippen LogP contribution in [-0.4, -0.2) is 39.6 Å². The van der Waals surface area contributed by atoms with Crippen molar-refractivity contribution in [2.45, 2.75) is 13.3 Å². The van der Waals surface area contributed by atoms with Gasteiger partial charge in [-0.05, 0) is 36.6 Å². The third kappa shape index (κ3) is 3.10. The van der Waals surface area contributed by atoms with Crippen LogP contribution >= 0.6 is 0 Å². The van der Waals surface area contributed by atoms with Crippen LogP contribution in [0.5, 0.6) is 5.75 Å². The second kappa shape index (κ2) is 6.98. The number of amides is 1. The Morgan fingerprint density at radius 1 is 1.20 bits per heavy atom. The zero-order chi connectivity index (χ0) is 20.8. The van der Waals surface area contributed by atoms with Crippen molar-refractivity contribution < 1.29 is 9.53 Å². The molecule has 0 aromatic carbocycles. The standard InChI is InChI=1S/C22H22N6O2/c1-12-6-15(12)22(29)26-20-8-16-17(9-25-21(23-2)18(16)10-24-20)19-7-13-4-5-14(30-3)11-28(13)27-19/h4-5,7-12,15H,6H2,1-3H3,(H,23,25)(H,24,26,29). The molecule has 2 unspecified atom stereocenters. The van der Waals surface area contributed by atoms with Gasteiger partial charge >= 0.3 is 0 Å². The van der Waals surface area contributed by atoms with E-state index < -0.39 is 0 Å². The summed E-state index contributed by atoms with van der Waals surface area (Å²) in [5.41, 5.74) is 2.59. The lowest BCUT2D eigenvalue weighted by atomic mass is 10.1.